The molecular weight excluding hydrogens is 222 g/mol. The number of methoxy groups -OCH3 is 1. The molecule has 0 fully saturated rings. The highest BCUT2D eigenvalue weighted by Gasteiger charge is 2.12. The fraction of sp³-hybridized carbons (Fsp3) is 0.500. The summed E-state index contributed by atoms with van der Waals surface area (Å²) >= 11 is 0. The number of hydrogen-bond donors (Lipinski definition) is 4. The summed E-state index contributed by atoms with van der Waals surface area (Å²) in [4.78, 5) is 0. The van der Waals surface area contributed by atoms with Crippen LogP contribution in [-0.4, -0.2) is 41.7 Å². The van der Waals surface area contributed by atoms with Crippen molar-refractivity contribution in [2.24, 2.45) is 0 Å². The molecule has 1 aromatic carbocycles. The number of phenols is 2. The second-order valence-corrected chi connectivity index (χ2v) is 3.98. The normalized spacial score (nSPS) is 14.5. The van der Waals surface area contributed by atoms with E-state index in [1.165, 1.54) is 19.2 Å². The third kappa shape index (κ3) is 4.22. The zero-order valence-corrected chi connectivity index (χ0v) is 10.1. The van der Waals surface area contributed by atoms with Crippen LogP contribution < -0.4 is 5.32 Å². The number of ether oxygens (including phenoxy) is 1. The van der Waals surface area contributed by atoms with Gasteiger partial charge in [0, 0.05) is 31.3 Å². The summed E-state index contributed by atoms with van der Waals surface area (Å²) in [5.41, 5.74) is 0.674. The molecule has 96 valence electrons. The Morgan fingerprint density at radius 2 is 2.06 bits per heavy atom. The Morgan fingerprint density at radius 3 is 2.65 bits per heavy atom. The molecule has 0 saturated heterocycles. The van der Waals surface area contributed by atoms with Crippen molar-refractivity contribution in [3.8, 4) is 11.5 Å². The van der Waals surface area contributed by atoms with Crippen molar-refractivity contribution >= 4 is 0 Å². The molecule has 1 rings (SSSR count). The molecule has 0 aliphatic rings. The van der Waals surface area contributed by atoms with Crippen LogP contribution in [0.5, 0.6) is 11.5 Å². The van der Waals surface area contributed by atoms with Gasteiger partial charge in [-0.3, -0.25) is 0 Å². The summed E-state index contributed by atoms with van der Waals surface area (Å²) in [6, 6.07) is 4.32. The van der Waals surface area contributed by atoms with Crippen LogP contribution in [0.15, 0.2) is 18.2 Å². The molecule has 0 heterocycles. The standard InChI is InChI=1S/C12H19NO4/c1-8(13-6-10(15)7-17-2)11-4-3-9(14)5-12(11)16/h3-5,8,10,13-16H,6-7H2,1-2H3. The fourth-order valence-corrected chi connectivity index (χ4v) is 1.57. The third-order valence-electron chi connectivity index (χ3n) is 2.50. The minimum absolute atomic E-state index is 0.0258. The average molecular weight is 241 g/mol. The van der Waals surface area contributed by atoms with Crippen molar-refractivity contribution in [3.05, 3.63) is 23.8 Å². The molecule has 0 aliphatic carbocycles. The minimum Gasteiger partial charge on any atom is -0.508 e. The first kappa shape index (κ1) is 13.8. The van der Waals surface area contributed by atoms with Crippen LogP contribution in [0.3, 0.4) is 0 Å². The number of aliphatic hydroxyl groups is 1. The SMILES string of the molecule is COCC(O)CNC(C)c1ccc(O)cc1O. The molecule has 0 spiro atoms. The highest BCUT2D eigenvalue weighted by molar-refractivity contribution is 5.40. The molecule has 2 unspecified atom stereocenters. The van der Waals surface area contributed by atoms with Crippen molar-refractivity contribution < 1.29 is 20.1 Å². The van der Waals surface area contributed by atoms with Gasteiger partial charge in [-0.1, -0.05) is 6.07 Å². The molecule has 0 amide bonds. The van der Waals surface area contributed by atoms with Gasteiger partial charge >= 0.3 is 0 Å². The lowest BCUT2D eigenvalue weighted by Crippen LogP contribution is -2.31. The Morgan fingerprint density at radius 1 is 1.35 bits per heavy atom. The molecule has 0 saturated carbocycles. The van der Waals surface area contributed by atoms with Crippen molar-refractivity contribution in [1.82, 2.24) is 5.32 Å². The lowest BCUT2D eigenvalue weighted by Gasteiger charge is -2.18. The van der Waals surface area contributed by atoms with E-state index in [-0.39, 0.29) is 24.1 Å². The van der Waals surface area contributed by atoms with Gasteiger partial charge in [0.25, 0.3) is 0 Å². The molecule has 1 aromatic rings. The second-order valence-electron chi connectivity index (χ2n) is 3.98. The number of aromatic hydroxyl groups is 2. The molecule has 5 heteroatoms. The number of aliphatic hydroxyl groups excluding tert-OH is 1. The van der Waals surface area contributed by atoms with Gasteiger partial charge in [0.15, 0.2) is 0 Å². The lowest BCUT2D eigenvalue weighted by molar-refractivity contribution is 0.0630. The van der Waals surface area contributed by atoms with Crippen molar-refractivity contribution in [1.29, 1.82) is 0 Å². The molecule has 0 bridgehead atoms. The predicted molar refractivity (Wildman–Crippen MR) is 64.1 cm³/mol. The van der Waals surface area contributed by atoms with Crippen molar-refractivity contribution in [2.75, 3.05) is 20.3 Å². The number of rotatable bonds is 6. The Kier molecular flexibility index (Phi) is 5.21. The van der Waals surface area contributed by atoms with E-state index in [0.29, 0.717) is 12.1 Å². The van der Waals surface area contributed by atoms with E-state index in [0.717, 1.165) is 0 Å². The van der Waals surface area contributed by atoms with E-state index < -0.39 is 6.10 Å². The Bertz CT molecular complexity index is 356. The Balaban J connectivity index is 2.54. The quantitative estimate of drug-likeness (QED) is 0.591. The lowest BCUT2D eigenvalue weighted by atomic mass is 10.1. The maximum absolute atomic E-state index is 9.64. The van der Waals surface area contributed by atoms with Gasteiger partial charge in [0.05, 0.1) is 12.7 Å². The van der Waals surface area contributed by atoms with Gasteiger partial charge in [-0.2, -0.15) is 0 Å². The topological polar surface area (TPSA) is 82.0 Å². The Labute approximate surface area is 101 Å². The van der Waals surface area contributed by atoms with Gasteiger partial charge < -0.3 is 25.4 Å². The highest BCUT2D eigenvalue weighted by Crippen LogP contribution is 2.27. The van der Waals surface area contributed by atoms with E-state index in [2.05, 4.69) is 5.32 Å². The van der Waals surface area contributed by atoms with Crippen LogP contribution in [0.4, 0.5) is 0 Å². The van der Waals surface area contributed by atoms with Crippen molar-refractivity contribution in [2.45, 2.75) is 19.1 Å². The van der Waals surface area contributed by atoms with E-state index in [1.54, 1.807) is 6.07 Å². The monoisotopic (exact) mass is 241 g/mol. The first-order valence-corrected chi connectivity index (χ1v) is 5.47. The first-order valence-electron chi connectivity index (χ1n) is 5.47. The van der Waals surface area contributed by atoms with Crippen LogP contribution in [-0.2, 0) is 4.74 Å². The van der Waals surface area contributed by atoms with Gasteiger partial charge in [-0.05, 0) is 13.0 Å². The number of benzene rings is 1. The van der Waals surface area contributed by atoms with Crippen LogP contribution in [0.25, 0.3) is 0 Å². The van der Waals surface area contributed by atoms with Crippen LogP contribution in [0.1, 0.15) is 18.5 Å². The molecule has 0 aliphatic heterocycles. The van der Waals surface area contributed by atoms with E-state index >= 15 is 0 Å². The molecular formula is C12H19NO4. The molecule has 5 nitrogen and oxygen atoms in total. The summed E-state index contributed by atoms with van der Waals surface area (Å²) in [5.74, 6) is 0.0594. The third-order valence-corrected chi connectivity index (χ3v) is 2.50. The second kappa shape index (κ2) is 6.44. The fourth-order valence-electron chi connectivity index (χ4n) is 1.57. The highest BCUT2D eigenvalue weighted by atomic mass is 16.5. The van der Waals surface area contributed by atoms with Crippen LogP contribution in [0.2, 0.25) is 0 Å². The molecule has 4 N–H and O–H groups in total. The zero-order chi connectivity index (χ0) is 12.8. The van der Waals surface area contributed by atoms with Crippen molar-refractivity contribution in [3.63, 3.8) is 0 Å². The van der Waals surface area contributed by atoms with Gasteiger partial charge in [-0.15, -0.1) is 0 Å². The van der Waals surface area contributed by atoms with Gasteiger partial charge in [0.1, 0.15) is 11.5 Å². The Hall–Kier alpha value is -1.30. The summed E-state index contributed by atoms with van der Waals surface area (Å²) in [7, 11) is 1.53. The first-order chi connectivity index (χ1) is 8.04. The van der Waals surface area contributed by atoms with E-state index in [1.807, 2.05) is 6.92 Å². The molecule has 17 heavy (non-hydrogen) atoms. The van der Waals surface area contributed by atoms with Gasteiger partial charge in [-0.25, -0.2) is 0 Å². The maximum atomic E-state index is 9.64. The summed E-state index contributed by atoms with van der Waals surface area (Å²) in [6.45, 7) is 2.50. The van der Waals surface area contributed by atoms with Crippen LogP contribution >= 0.6 is 0 Å². The maximum Gasteiger partial charge on any atom is 0.124 e. The smallest absolute Gasteiger partial charge is 0.124 e. The number of hydrogen-bond acceptors (Lipinski definition) is 5. The summed E-state index contributed by atoms with van der Waals surface area (Å²) in [5, 5.41) is 31.4. The summed E-state index contributed by atoms with van der Waals surface area (Å²) in [6.07, 6.45) is -0.582. The number of phenolic OH excluding ortho intramolecular Hbond substituents is 2. The van der Waals surface area contributed by atoms with E-state index in [9.17, 15) is 15.3 Å². The molecule has 2 atom stereocenters. The van der Waals surface area contributed by atoms with E-state index in [4.69, 9.17) is 4.74 Å². The predicted octanol–water partition coefficient (Wildman–Crippen LogP) is 0.756. The zero-order valence-electron chi connectivity index (χ0n) is 10.1. The number of nitrogens with one attached hydrogen (secondary N) is 1. The van der Waals surface area contributed by atoms with Gasteiger partial charge in [0.2, 0.25) is 0 Å². The minimum atomic E-state index is -0.582. The average Bonchev–Trinajstić information content (AvgIpc) is 2.26. The summed E-state index contributed by atoms with van der Waals surface area (Å²) < 4.78 is 4.81. The van der Waals surface area contributed by atoms with Crippen LogP contribution in [0, 0.1) is 0 Å². The molecule has 0 radical (unpaired) electrons. The largest absolute Gasteiger partial charge is 0.508 e. The molecule has 0 aromatic heterocycles.